The second-order valence-electron chi connectivity index (χ2n) is 5.08. The molecule has 0 bridgehead atoms. The van der Waals surface area contributed by atoms with E-state index in [1.165, 1.54) is 10.4 Å². The van der Waals surface area contributed by atoms with Crippen LogP contribution in [0.3, 0.4) is 0 Å². The third-order valence-electron chi connectivity index (χ3n) is 3.66. The van der Waals surface area contributed by atoms with E-state index < -0.39 is 15.8 Å². The Hall–Kier alpha value is -0.700. The highest BCUT2D eigenvalue weighted by molar-refractivity contribution is 9.10. The molecule has 1 heterocycles. The Labute approximate surface area is 132 Å². The molecule has 21 heavy (non-hydrogen) atoms. The number of nitrogen functional groups attached to an aromatic ring is 1. The molecule has 0 saturated carbocycles. The van der Waals surface area contributed by atoms with Crippen LogP contribution in [0.15, 0.2) is 21.5 Å². The van der Waals surface area contributed by atoms with Crippen molar-refractivity contribution in [3.63, 3.8) is 0 Å². The molecule has 1 aliphatic heterocycles. The molecule has 2 rings (SSSR count). The van der Waals surface area contributed by atoms with Crippen LogP contribution in [-0.2, 0) is 10.0 Å². The van der Waals surface area contributed by atoms with Gasteiger partial charge in [0.05, 0.1) is 10.2 Å². The molecule has 1 aliphatic rings. The van der Waals surface area contributed by atoms with E-state index >= 15 is 0 Å². The van der Waals surface area contributed by atoms with Crippen LogP contribution in [0, 0.1) is 5.82 Å². The molecule has 0 aliphatic carbocycles. The Balaban J connectivity index is 2.35. The number of hydrogen-bond acceptors (Lipinski definition) is 4. The Kier molecular flexibility index (Phi) is 5.24. The molecule has 1 atom stereocenters. The Bertz CT molecular complexity index is 624. The highest BCUT2D eigenvalue weighted by Crippen LogP contribution is 2.33. The predicted octanol–water partition coefficient (Wildman–Crippen LogP) is 2.10. The van der Waals surface area contributed by atoms with E-state index in [0.717, 1.165) is 18.9 Å². The third-order valence-corrected chi connectivity index (χ3v) is 6.27. The summed E-state index contributed by atoms with van der Waals surface area (Å²) >= 11 is 2.99. The summed E-state index contributed by atoms with van der Waals surface area (Å²) in [5, 5.41) is 8.91. The number of aliphatic hydroxyl groups excluding tert-OH is 1. The summed E-state index contributed by atoms with van der Waals surface area (Å²) in [7, 11) is -3.76. The quantitative estimate of drug-likeness (QED) is 0.766. The Morgan fingerprint density at radius 1 is 1.48 bits per heavy atom. The monoisotopic (exact) mass is 380 g/mol. The maximum Gasteiger partial charge on any atom is 0.245 e. The normalized spacial score (nSPS) is 20.0. The van der Waals surface area contributed by atoms with Crippen LogP contribution in [0.1, 0.15) is 25.7 Å². The molecule has 1 fully saturated rings. The number of rotatable bonds is 5. The third kappa shape index (κ3) is 3.39. The zero-order valence-electron chi connectivity index (χ0n) is 11.4. The van der Waals surface area contributed by atoms with Gasteiger partial charge in [0.1, 0.15) is 10.7 Å². The lowest BCUT2D eigenvalue weighted by atomic mass is 10.1. The maximum atomic E-state index is 13.4. The first-order chi connectivity index (χ1) is 9.87. The lowest BCUT2D eigenvalue weighted by Gasteiger charge is -2.24. The minimum Gasteiger partial charge on any atom is -0.398 e. The number of halogens is 2. The molecule has 1 aromatic carbocycles. The van der Waals surface area contributed by atoms with Crippen molar-refractivity contribution in [2.45, 2.75) is 36.6 Å². The van der Waals surface area contributed by atoms with Crippen LogP contribution in [0.5, 0.6) is 0 Å². The molecule has 0 radical (unpaired) electrons. The average molecular weight is 381 g/mol. The van der Waals surface area contributed by atoms with Crippen LogP contribution in [-0.4, -0.2) is 37.0 Å². The molecule has 0 spiro atoms. The SMILES string of the molecule is Nc1cc(F)c(Br)cc1S(=O)(=O)N1CCCC1CCCO. The standard InChI is InChI=1S/C13H18BrFN2O3S/c14-10-7-13(12(16)8-11(10)15)21(19,20)17-5-1-3-9(17)4-2-6-18/h7-9,18H,1-6,16H2. The highest BCUT2D eigenvalue weighted by Gasteiger charge is 2.36. The number of aliphatic hydroxyl groups is 1. The van der Waals surface area contributed by atoms with Gasteiger partial charge >= 0.3 is 0 Å². The summed E-state index contributed by atoms with van der Waals surface area (Å²) in [6.07, 6.45) is 2.70. The van der Waals surface area contributed by atoms with Gasteiger partial charge in [0.2, 0.25) is 10.0 Å². The summed E-state index contributed by atoms with van der Waals surface area (Å²) in [5.41, 5.74) is 5.59. The molecule has 1 unspecified atom stereocenters. The first-order valence-corrected chi connectivity index (χ1v) is 8.98. The van der Waals surface area contributed by atoms with E-state index in [1.54, 1.807) is 0 Å². The lowest BCUT2D eigenvalue weighted by Crippen LogP contribution is -2.36. The molecule has 1 saturated heterocycles. The van der Waals surface area contributed by atoms with E-state index in [2.05, 4.69) is 15.9 Å². The fourth-order valence-electron chi connectivity index (χ4n) is 2.63. The lowest BCUT2D eigenvalue weighted by molar-refractivity contribution is 0.264. The van der Waals surface area contributed by atoms with Crippen molar-refractivity contribution in [2.24, 2.45) is 0 Å². The second kappa shape index (κ2) is 6.60. The predicted molar refractivity (Wildman–Crippen MR) is 81.7 cm³/mol. The van der Waals surface area contributed by atoms with Gasteiger partial charge in [-0.2, -0.15) is 4.31 Å². The zero-order valence-corrected chi connectivity index (χ0v) is 13.8. The largest absolute Gasteiger partial charge is 0.398 e. The van der Waals surface area contributed by atoms with E-state index in [1.807, 2.05) is 0 Å². The topological polar surface area (TPSA) is 83.6 Å². The summed E-state index contributed by atoms with van der Waals surface area (Å²) in [6.45, 7) is 0.460. The van der Waals surface area contributed by atoms with Crippen molar-refractivity contribution in [2.75, 3.05) is 18.9 Å². The Morgan fingerprint density at radius 3 is 2.86 bits per heavy atom. The van der Waals surface area contributed by atoms with Crippen LogP contribution in [0.4, 0.5) is 10.1 Å². The molecule has 0 aromatic heterocycles. The van der Waals surface area contributed by atoms with Gasteiger partial charge in [-0.3, -0.25) is 0 Å². The number of sulfonamides is 1. The van der Waals surface area contributed by atoms with Crippen molar-refractivity contribution in [3.8, 4) is 0 Å². The number of benzene rings is 1. The van der Waals surface area contributed by atoms with Crippen molar-refractivity contribution in [1.29, 1.82) is 0 Å². The Morgan fingerprint density at radius 2 is 2.19 bits per heavy atom. The smallest absolute Gasteiger partial charge is 0.245 e. The van der Waals surface area contributed by atoms with Crippen LogP contribution < -0.4 is 5.73 Å². The van der Waals surface area contributed by atoms with Gasteiger partial charge < -0.3 is 10.8 Å². The van der Waals surface area contributed by atoms with Gasteiger partial charge in [-0.05, 0) is 53.7 Å². The first kappa shape index (κ1) is 16.7. The van der Waals surface area contributed by atoms with Crippen LogP contribution in [0.2, 0.25) is 0 Å². The second-order valence-corrected chi connectivity index (χ2v) is 7.80. The molecule has 5 nitrogen and oxygen atoms in total. The summed E-state index contributed by atoms with van der Waals surface area (Å²) in [5.74, 6) is -0.593. The van der Waals surface area contributed by atoms with E-state index in [9.17, 15) is 12.8 Å². The minimum absolute atomic E-state index is 0.0363. The number of nitrogens with zero attached hydrogens (tertiary/aromatic N) is 1. The van der Waals surface area contributed by atoms with Crippen molar-refractivity contribution < 1.29 is 17.9 Å². The fraction of sp³-hybridized carbons (Fsp3) is 0.538. The van der Waals surface area contributed by atoms with Gasteiger partial charge in [-0.15, -0.1) is 0 Å². The maximum absolute atomic E-state index is 13.4. The van der Waals surface area contributed by atoms with Gasteiger partial charge in [0.25, 0.3) is 0 Å². The zero-order chi connectivity index (χ0) is 15.6. The summed E-state index contributed by atoms with van der Waals surface area (Å²) in [4.78, 5) is -0.0772. The molecule has 1 aromatic rings. The van der Waals surface area contributed by atoms with Crippen LogP contribution in [0.25, 0.3) is 0 Å². The first-order valence-electron chi connectivity index (χ1n) is 6.75. The molecule has 8 heteroatoms. The molecule has 3 N–H and O–H groups in total. The summed E-state index contributed by atoms with van der Waals surface area (Å²) < 4.78 is 40.4. The van der Waals surface area contributed by atoms with Crippen molar-refractivity contribution in [3.05, 3.63) is 22.4 Å². The number of nitrogens with two attached hydrogens (primary N) is 1. The average Bonchev–Trinajstić information content (AvgIpc) is 2.89. The highest BCUT2D eigenvalue weighted by atomic mass is 79.9. The molecule has 118 valence electrons. The fourth-order valence-corrected chi connectivity index (χ4v) is 4.98. The van der Waals surface area contributed by atoms with Crippen molar-refractivity contribution >= 4 is 31.6 Å². The van der Waals surface area contributed by atoms with Gasteiger partial charge in [-0.1, -0.05) is 0 Å². The molecular weight excluding hydrogens is 363 g/mol. The minimum atomic E-state index is -3.76. The number of anilines is 1. The van der Waals surface area contributed by atoms with E-state index in [0.29, 0.717) is 19.4 Å². The van der Waals surface area contributed by atoms with Crippen molar-refractivity contribution in [1.82, 2.24) is 4.31 Å². The molecular formula is C13H18BrFN2O3S. The van der Waals surface area contributed by atoms with Crippen LogP contribution >= 0.6 is 15.9 Å². The van der Waals surface area contributed by atoms with Gasteiger partial charge in [0.15, 0.2) is 0 Å². The summed E-state index contributed by atoms with van der Waals surface area (Å²) in [6, 6.07) is 2.09. The molecule has 0 amide bonds. The van der Waals surface area contributed by atoms with Gasteiger partial charge in [0, 0.05) is 19.2 Å². The van der Waals surface area contributed by atoms with E-state index in [-0.39, 0.29) is 27.7 Å². The number of hydrogen-bond donors (Lipinski definition) is 2. The van der Waals surface area contributed by atoms with E-state index in [4.69, 9.17) is 10.8 Å². The van der Waals surface area contributed by atoms with Gasteiger partial charge in [-0.25, -0.2) is 12.8 Å².